The van der Waals surface area contributed by atoms with Crippen LogP contribution in [0.4, 0.5) is 13.2 Å². The third-order valence-electron chi connectivity index (χ3n) is 6.63. The highest BCUT2D eigenvalue weighted by Gasteiger charge is 2.38. The van der Waals surface area contributed by atoms with Crippen LogP contribution in [0.15, 0.2) is 59.4 Å². The summed E-state index contributed by atoms with van der Waals surface area (Å²) in [5.41, 5.74) is -1.29. The SMILES string of the molecule is CC(C(=O)NCCN1CCC(Cc2ccccc2)CC1)n1c(=O)c(C(F)(F)F)nc2ccccc21. The summed E-state index contributed by atoms with van der Waals surface area (Å²) in [5, 5.41) is 2.79. The van der Waals surface area contributed by atoms with E-state index < -0.39 is 29.4 Å². The van der Waals surface area contributed by atoms with Gasteiger partial charge < -0.3 is 10.2 Å². The Morgan fingerprint density at radius 3 is 2.43 bits per heavy atom. The fourth-order valence-electron chi connectivity index (χ4n) is 4.69. The molecular formula is C26H29F3N4O2. The topological polar surface area (TPSA) is 67.2 Å². The number of likely N-dealkylation sites (tertiary alicyclic amines) is 1. The van der Waals surface area contributed by atoms with Crippen molar-refractivity contribution >= 4 is 16.9 Å². The molecule has 1 saturated heterocycles. The van der Waals surface area contributed by atoms with E-state index in [4.69, 9.17) is 0 Å². The number of amides is 1. The lowest BCUT2D eigenvalue weighted by molar-refractivity contribution is -0.142. The first-order valence-electron chi connectivity index (χ1n) is 11.9. The van der Waals surface area contributed by atoms with Crippen LogP contribution in [-0.4, -0.2) is 46.5 Å². The summed E-state index contributed by atoms with van der Waals surface area (Å²) in [7, 11) is 0. The molecule has 1 aliphatic heterocycles. The number of aromatic nitrogens is 2. The molecular weight excluding hydrogens is 457 g/mol. The predicted molar refractivity (Wildman–Crippen MR) is 128 cm³/mol. The molecule has 1 N–H and O–H groups in total. The molecule has 186 valence electrons. The lowest BCUT2D eigenvalue weighted by Crippen LogP contribution is -2.43. The summed E-state index contributed by atoms with van der Waals surface area (Å²) in [6.45, 7) is 4.31. The zero-order valence-corrected chi connectivity index (χ0v) is 19.6. The molecule has 0 radical (unpaired) electrons. The molecule has 0 aliphatic carbocycles. The molecule has 0 spiro atoms. The Bertz CT molecular complexity index is 1220. The number of carbonyl (C=O) groups is 1. The van der Waals surface area contributed by atoms with Crippen molar-refractivity contribution in [2.24, 2.45) is 5.92 Å². The monoisotopic (exact) mass is 486 g/mol. The van der Waals surface area contributed by atoms with Crippen molar-refractivity contribution < 1.29 is 18.0 Å². The molecule has 35 heavy (non-hydrogen) atoms. The number of alkyl halides is 3. The van der Waals surface area contributed by atoms with Crippen LogP contribution >= 0.6 is 0 Å². The van der Waals surface area contributed by atoms with Gasteiger partial charge in [0, 0.05) is 13.1 Å². The normalized spacial score (nSPS) is 16.3. The van der Waals surface area contributed by atoms with E-state index in [1.54, 1.807) is 6.07 Å². The van der Waals surface area contributed by atoms with E-state index in [9.17, 15) is 22.8 Å². The first kappa shape index (κ1) is 24.9. The van der Waals surface area contributed by atoms with E-state index in [1.165, 1.54) is 30.7 Å². The van der Waals surface area contributed by atoms with Crippen LogP contribution in [0.3, 0.4) is 0 Å². The first-order chi connectivity index (χ1) is 16.7. The Kier molecular flexibility index (Phi) is 7.54. The van der Waals surface area contributed by atoms with Crippen molar-refractivity contribution in [3.8, 4) is 0 Å². The van der Waals surface area contributed by atoms with Crippen LogP contribution < -0.4 is 10.9 Å². The van der Waals surface area contributed by atoms with Crippen LogP contribution in [0.5, 0.6) is 0 Å². The fraction of sp³-hybridized carbons (Fsp3) is 0.423. The van der Waals surface area contributed by atoms with Crippen molar-refractivity contribution in [1.82, 2.24) is 19.8 Å². The molecule has 1 unspecified atom stereocenters. The maximum Gasteiger partial charge on any atom is 0.438 e. The summed E-state index contributed by atoms with van der Waals surface area (Å²) in [4.78, 5) is 31.2. The van der Waals surface area contributed by atoms with Crippen molar-refractivity contribution in [3.05, 3.63) is 76.2 Å². The van der Waals surface area contributed by atoms with Gasteiger partial charge in [-0.25, -0.2) is 4.98 Å². The van der Waals surface area contributed by atoms with E-state index in [-0.39, 0.29) is 11.0 Å². The quantitative estimate of drug-likeness (QED) is 0.547. The Morgan fingerprint density at radius 2 is 1.74 bits per heavy atom. The van der Waals surface area contributed by atoms with Gasteiger partial charge in [-0.3, -0.25) is 14.2 Å². The molecule has 1 amide bonds. The van der Waals surface area contributed by atoms with Crippen LogP contribution in [-0.2, 0) is 17.4 Å². The minimum absolute atomic E-state index is 0.0115. The zero-order valence-electron chi connectivity index (χ0n) is 19.6. The predicted octanol–water partition coefficient (Wildman–Crippen LogP) is 4.05. The second kappa shape index (κ2) is 10.6. The Hall–Kier alpha value is -3.20. The summed E-state index contributed by atoms with van der Waals surface area (Å²) in [6, 6.07) is 15.3. The molecule has 2 heterocycles. The standard InChI is InChI=1S/C26H29F3N4O2/c1-18(33-22-10-6-5-9-21(22)31-23(25(33)35)26(27,28)29)24(34)30-13-16-32-14-11-20(12-15-32)17-19-7-3-2-4-8-19/h2-10,18,20H,11-17H2,1H3,(H,30,34). The number of fused-ring (bicyclic) bond motifs is 1. The average molecular weight is 487 g/mol. The zero-order chi connectivity index (χ0) is 25.0. The minimum Gasteiger partial charge on any atom is -0.353 e. The number of para-hydroxylation sites is 2. The molecule has 2 aromatic carbocycles. The van der Waals surface area contributed by atoms with Crippen LogP contribution in [0.2, 0.25) is 0 Å². The molecule has 6 nitrogen and oxygen atoms in total. The number of benzene rings is 2. The lowest BCUT2D eigenvalue weighted by Gasteiger charge is -2.32. The summed E-state index contributed by atoms with van der Waals surface area (Å²) in [6.07, 6.45) is -1.68. The smallest absolute Gasteiger partial charge is 0.353 e. The summed E-state index contributed by atoms with van der Waals surface area (Å²) in [5.74, 6) is 0.133. The lowest BCUT2D eigenvalue weighted by atomic mass is 9.90. The Labute approximate surface area is 201 Å². The summed E-state index contributed by atoms with van der Waals surface area (Å²) >= 11 is 0. The number of halogens is 3. The van der Waals surface area contributed by atoms with Gasteiger partial charge >= 0.3 is 6.18 Å². The summed E-state index contributed by atoms with van der Waals surface area (Å²) < 4.78 is 41.1. The molecule has 3 aromatic rings. The highest BCUT2D eigenvalue weighted by Crippen LogP contribution is 2.27. The minimum atomic E-state index is -4.91. The molecule has 0 bridgehead atoms. The van der Waals surface area contributed by atoms with Gasteiger partial charge in [0.05, 0.1) is 11.0 Å². The highest BCUT2D eigenvalue weighted by molar-refractivity contribution is 5.83. The van der Waals surface area contributed by atoms with Gasteiger partial charge in [0.25, 0.3) is 5.56 Å². The number of carbonyl (C=O) groups excluding carboxylic acids is 1. The van der Waals surface area contributed by atoms with E-state index in [0.717, 1.165) is 36.9 Å². The second-order valence-electron chi connectivity index (χ2n) is 9.06. The van der Waals surface area contributed by atoms with Gasteiger partial charge in [-0.05, 0) is 62.9 Å². The number of hydrogen-bond acceptors (Lipinski definition) is 4. The van der Waals surface area contributed by atoms with Crippen molar-refractivity contribution in [1.29, 1.82) is 0 Å². The number of nitrogens with zero attached hydrogens (tertiary/aromatic N) is 3. The van der Waals surface area contributed by atoms with Gasteiger partial charge in [0.1, 0.15) is 6.04 Å². The van der Waals surface area contributed by atoms with E-state index in [1.807, 2.05) is 6.07 Å². The van der Waals surface area contributed by atoms with Crippen LogP contribution in [0.25, 0.3) is 11.0 Å². The largest absolute Gasteiger partial charge is 0.438 e. The molecule has 1 fully saturated rings. The second-order valence-corrected chi connectivity index (χ2v) is 9.06. The van der Waals surface area contributed by atoms with Gasteiger partial charge in [0.2, 0.25) is 11.6 Å². The fourth-order valence-corrected chi connectivity index (χ4v) is 4.69. The first-order valence-corrected chi connectivity index (χ1v) is 11.9. The maximum absolute atomic E-state index is 13.4. The number of piperidine rings is 1. The van der Waals surface area contributed by atoms with E-state index >= 15 is 0 Å². The van der Waals surface area contributed by atoms with Gasteiger partial charge in [-0.1, -0.05) is 42.5 Å². The van der Waals surface area contributed by atoms with Crippen molar-refractivity contribution in [2.75, 3.05) is 26.2 Å². The molecule has 1 aliphatic rings. The average Bonchev–Trinajstić information content (AvgIpc) is 2.84. The van der Waals surface area contributed by atoms with Gasteiger partial charge in [-0.15, -0.1) is 0 Å². The van der Waals surface area contributed by atoms with Crippen LogP contribution in [0.1, 0.15) is 37.1 Å². The molecule has 4 rings (SSSR count). The molecule has 1 aromatic heterocycles. The molecule has 9 heteroatoms. The van der Waals surface area contributed by atoms with Gasteiger partial charge in [-0.2, -0.15) is 13.2 Å². The van der Waals surface area contributed by atoms with Crippen LogP contribution in [0, 0.1) is 5.92 Å². The third kappa shape index (κ3) is 5.90. The van der Waals surface area contributed by atoms with E-state index in [2.05, 4.69) is 39.5 Å². The maximum atomic E-state index is 13.4. The number of nitrogens with one attached hydrogen (secondary N) is 1. The van der Waals surface area contributed by atoms with Crippen molar-refractivity contribution in [3.63, 3.8) is 0 Å². The molecule has 1 atom stereocenters. The molecule has 0 saturated carbocycles. The van der Waals surface area contributed by atoms with Crippen molar-refractivity contribution in [2.45, 2.75) is 38.4 Å². The number of hydrogen-bond donors (Lipinski definition) is 1. The van der Waals surface area contributed by atoms with E-state index in [0.29, 0.717) is 19.0 Å². The Balaban J connectivity index is 1.35. The highest BCUT2D eigenvalue weighted by atomic mass is 19.4. The third-order valence-corrected chi connectivity index (χ3v) is 6.63. The Morgan fingerprint density at radius 1 is 1.09 bits per heavy atom. The van der Waals surface area contributed by atoms with Gasteiger partial charge in [0.15, 0.2) is 0 Å². The number of rotatable bonds is 7.